The highest BCUT2D eigenvalue weighted by Gasteiger charge is 2.58. The van der Waals surface area contributed by atoms with Gasteiger partial charge >= 0.3 is 0 Å². The molecule has 0 radical (unpaired) electrons. The van der Waals surface area contributed by atoms with E-state index in [0.717, 1.165) is 11.1 Å². The largest absolute Gasteiger partial charge is 0.354 e. The smallest absolute Gasteiger partial charge is 0.254 e. The maximum atomic E-state index is 14.3. The van der Waals surface area contributed by atoms with Gasteiger partial charge in [0.25, 0.3) is 5.91 Å². The standard InChI is InChI=1S/C24H28FN3O2/c1-15(2)26-23(30)19-13-28(3)14-24(19)12-16-8-4-5-9-17(16)21(24)27-22(29)18-10-6-7-11-20(18)25/h4-11,15,19,21H,12-14H2,1-3H3,(H,26,30)(H,27,29)/t19-,21?,24+/m0/s1. The van der Waals surface area contributed by atoms with E-state index in [1.165, 1.54) is 12.1 Å². The Hall–Kier alpha value is -2.73. The van der Waals surface area contributed by atoms with E-state index in [1.807, 2.05) is 39.1 Å². The minimum Gasteiger partial charge on any atom is -0.354 e. The lowest BCUT2D eigenvalue weighted by Crippen LogP contribution is -2.49. The molecule has 2 N–H and O–H groups in total. The van der Waals surface area contributed by atoms with Crippen molar-refractivity contribution in [2.75, 3.05) is 20.1 Å². The second kappa shape index (κ2) is 7.84. The summed E-state index contributed by atoms with van der Waals surface area (Å²) < 4.78 is 14.3. The lowest BCUT2D eigenvalue weighted by Gasteiger charge is -2.37. The molecule has 0 aromatic heterocycles. The van der Waals surface area contributed by atoms with E-state index >= 15 is 0 Å². The first kappa shape index (κ1) is 20.5. The molecular formula is C24H28FN3O2. The van der Waals surface area contributed by atoms with Gasteiger partial charge in [-0.05, 0) is 50.6 Å². The number of benzene rings is 2. The summed E-state index contributed by atoms with van der Waals surface area (Å²) in [6.07, 6.45) is 0.700. The number of hydrogen-bond acceptors (Lipinski definition) is 3. The highest BCUT2D eigenvalue weighted by Crippen LogP contribution is 2.54. The van der Waals surface area contributed by atoms with Crippen molar-refractivity contribution in [1.29, 1.82) is 0 Å². The number of likely N-dealkylation sites (tertiary alicyclic amines) is 1. The highest BCUT2D eigenvalue weighted by molar-refractivity contribution is 5.95. The molecule has 3 atom stereocenters. The molecule has 5 nitrogen and oxygen atoms in total. The van der Waals surface area contributed by atoms with Crippen LogP contribution in [0.4, 0.5) is 4.39 Å². The zero-order chi connectivity index (χ0) is 21.5. The van der Waals surface area contributed by atoms with Crippen LogP contribution in [0, 0.1) is 17.2 Å². The molecule has 2 aromatic carbocycles. The van der Waals surface area contributed by atoms with Crippen LogP contribution in [0.3, 0.4) is 0 Å². The molecule has 1 aliphatic carbocycles. The van der Waals surface area contributed by atoms with Crippen molar-refractivity contribution in [3.63, 3.8) is 0 Å². The van der Waals surface area contributed by atoms with Gasteiger partial charge in [-0.1, -0.05) is 36.4 Å². The number of nitrogens with zero attached hydrogens (tertiary/aromatic N) is 1. The predicted octanol–water partition coefficient (Wildman–Crippen LogP) is 2.93. The predicted molar refractivity (Wildman–Crippen MR) is 113 cm³/mol. The minimum atomic E-state index is -0.548. The van der Waals surface area contributed by atoms with Crippen LogP contribution in [0.25, 0.3) is 0 Å². The third-order valence-corrected chi connectivity index (χ3v) is 6.35. The normalized spacial score (nSPS) is 25.5. The summed E-state index contributed by atoms with van der Waals surface area (Å²) in [5, 5.41) is 6.16. The van der Waals surface area contributed by atoms with E-state index in [1.54, 1.807) is 12.1 Å². The molecule has 1 aliphatic heterocycles. The van der Waals surface area contributed by atoms with E-state index < -0.39 is 17.1 Å². The first-order chi connectivity index (χ1) is 14.3. The topological polar surface area (TPSA) is 61.4 Å². The summed E-state index contributed by atoms with van der Waals surface area (Å²) in [7, 11) is 2.00. The molecule has 1 heterocycles. The Bertz CT molecular complexity index is 976. The van der Waals surface area contributed by atoms with Gasteiger partial charge in [0.1, 0.15) is 5.82 Å². The third kappa shape index (κ3) is 3.49. The summed E-state index contributed by atoms with van der Waals surface area (Å²) in [6, 6.07) is 13.7. The van der Waals surface area contributed by atoms with Crippen molar-refractivity contribution in [2.45, 2.75) is 32.4 Å². The van der Waals surface area contributed by atoms with E-state index in [9.17, 15) is 14.0 Å². The van der Waals surface area contributed by atoms with Gasteiger partial charge in [-0.15, -0.1) is 0 Å². The van der Waals surface area contributed by atoms with Gasteiger partial charge in [0.05, 0.1) is 17.5 Å². The lowest BCUT2D eigenvalue weighted by molar-refractivity contribution is -0.128. The Morgan fingerprint density at radius 3 is 2.57 bits per heavy atom. The maximum absolute atomic E-state index is 14.3. The molecule has 30 heavy (non-hydrogen) atoms. The van der Waals surface area contributed by atoms with E-state index in [4.69, 9.17) is 0 Å². The van der Waals surface area contributed by atoms with Crippen molar-refractivity contribution >= 4 is 11.8 Å². The summed E-state index contributed by atoms with van der Waals surface area (Å²) in [6.45, 7) is 5.20. The highest BCUT2D eigenvalue weighted by atomic mass is 19.1. The Balaban J connectivity index is 1.74. The van der Waals surface area contributed by atoms with Gasteiger partial charge in [-0.3, -0.25) is 9.59 Å². The van der Waals surface area contributed by atoms with Gasteiger partial charge in [0.15, 0.2) is 0 Å². The van der Waals surface area contributed by atoms with Crippen LogP contribution in [0.15, 0.2) is 48.5 Å². The molecule has 0 saturated carbocycles. The van der Waals surface area contributed by atoms with Crippen LogP contribution >= 0.6 is 0 Å². The van der Waals surface area contributed by atoms with Crippen LogP contribution in [0.1, 0.15) is 41.4 Å². The summed E-state index contributed by atoms with van der Waals surface area (Å²) in [5.41, 5.74) is 1.69. The molecule has 2 aliphatic rings. The number of rotatable bonds is 4. The van der Waals surface area contributed by atoms with E-state index in [0.29, 0.717) is 19.5 Å². The van der Waals surface area contributed by atoms with Crippen molar-refractivity contribution in [3.8, 4) is 0 Å². The number of fused-ring (bicyclic) bond motifs is 1. The molecule has 0 bridgehead atoms. The fraction of sp³-hybridized carbons (Fsp3) is 0.417. The van der Waals surface area contributed by atoms with Crippen molar-refractivity contribution in [2.24, 2.45) is 11.3 Å². The van der Waals surface area contributed by atoms with E-state index in [-0.39, 0.29) is 29.5 Å². The van der Waals surface area contributed by atoms with Crippen molar-refractivity contribution < 1.29 is 14.0 Å². The average Bonchev–Trinajstić information content (AvgIpc) is 3.18. The molecule has 1 unspecified atom stereocenters. The third-order valence-electron chi connectivity index (χ3n) is 6.35. The van der Waals surface area contributed by atoms with E-state index in [2.05, 4.69) is 21.6 Å². The Labute approximate surface area is 176 Å². The fourth-order valence-corrected chi connectivity index (χ4v) is 5.19. The molecule has 4 rings (SSSR count). The molecular weight excluding hydrogens is 381 g/mol. The number of nitrogens with one attached hydrogen (secondary N) is 2. The van der Waals surface area contributed by atoms with Crippen LogP contribution in [0.2, 0.25) is 0 Å². The first-order valence-corrected chi connectivity index (χ1v) is 10.4. The van der Waals surface area contributed by atoms with Gasteiger partial charge in [0, 0.05) is 24.5 Å². The molecule has 1 saturated heterocycles. The monoisotopic (exact) mass is 409 g/mol. The number of amides is 2. The molecule has 2 amide bonds. The minimum absolute atomic E-state index is 0.00676. The van der Waals surface area contributed by atoms with Gasteiger partial charge in [0.2, 0.25) is 5.91 Å². The lowest BCUT2D eigenvalue weighted by atomic mass is 9.71. The van der Waals surface area contributed by atoms with Gasteiger partial charge < -0.3 is 15.5 Å². The molecule has 158 valence electrons. The quantitative estimate of drug-likeness (QED) is 0.816. The number of halogens is 1. The summed E-state index contributed by atoms with van der Waals surface area (Å²) in [4.78, 5) is 28.4. The van der Waals surface area contributed by atoms with Crippen molar-refractivity contribution in [3.05, 3.63) is 71.0 Å². The van der Waals surface area contributed by atoms with Crippen LogP contribution in [-0.2, 0) is 11.2 Å². The number of hydrogen-bond donors (Lipinski definition) is 2. The van der Waals surface area contributed by atoms with Crippen LogP contribution in [-0.4, -0.2) is 42.9 Å². The second-order valence-electron chi connectivity index (χ2n) is 8.91. The number of carbonyl (C=O) groups is 2. The van der Waals surface area contributed by atoms with Crippen LogP contribution < -0.4 is 10.6 Å². The van der Waals surface area contributed by atoms with Gasteiger partial charge in [-0.2, -0.15) is 0 Å². The number of carbonyl (C=O) groups excluding carboxylic acids is 2. The zero-order valence-electron chi connectivity index (χ0n) is 17.6. The van der Waals surface area contributed by atoms with Crippen molar-refractivity contribution in [1.82, 2.24) is 15.5 Å². The molecule has 1 fully saturated rings. The summed E-state index contributed by atoms with van der Waals surface area (Å²) >= 11 is 0. The second-order valence-corrected chi connectivity index (χ2v) is 8.91. The molecule has 6 heteroatoms. The fourth-order valence-electron chi connectivity index (χ4n) is 5.19. The Morgan fingerprint density at radius 2 is 1.83 bits per heavy atom. The molecule has 1 spiro atoms. The first-order valence-electron chi connectivity index (χ1n) is 10.4. The Kier molecular flexibility index (Phi) is 5.36. The van der Waals surface area contributed by atoms with Gasteiger partial charge in [-0.25, -0.2) is 4.39 Å². The molecule has 2 aromatic rings. The average molecular weight is 410 g/mol. The van der Waals surface area contributed by atoms with Crippen LogP contribution in [0.5, 0.6) is 0 Å². The Morgan fingerprint density at radius 1 is 1.13 bits per heavy atom. The SMILES string of the molecule is CC(C)NC(=O)[C@@H]1CN(C)C[C@]12Cc1ccccc1C2NC(=O)c1ccccc1F. The zero-order valence-corrected chi connectivity index (χ0v) is 17.6. The maximum Gasteiger partial charge on any atom is 0.254 e. The summed E-state index contributed by atoms with van der Waals surface area (Å²) in [5.74, 6) is -1.27.